The molecule has 0 radical (unpaired) electrons. The van der Waals surface area contributed by atoms with Crippen LogP contribution in [0.2, 0.25) is 0 Å². The third-order valence-corrected chi connectivity index (χ3v) is 4.70. The van der Waals surface area contributed by atoms with Crippen molar-refractivity contribution in [1.29, 1.82) is 0 Å². The van der Waals surface area contributed by atoms with Gasteiger partial charge < -0.3 is 14.4 Å². The minimum absolute atomic E-state index is 0.0300. The van der Waals surface area contributed by atoms with Gasteiger partial charge in [-0.05, 0) is 19.3 Å². The quantitative estimate of drug-likeness (QED) is 0.860. The SMILES string of the molecule is O=C(c1cnc(-c2ccccc2)nc1)N1CCCCC1C1OCCO1. The first-order chi connectivity index (χ1) is 12.3. The number of likely N-dealkylation sites (tertiary alicyclic amines) is 1. The summed E-state index contributed by atoms with van der Waals surface area (Å²) in [5.74, 6) is 0.568. The van der Waals surface area contributed by atoms with Crippen LogP contribution >= 0.6 is 0 Å². The van der Waals surface area contributed by atoms with E-state index < -0.39 is 0 Å². The maximum atomic E-state index is 12.9. The molecule has 0 saturated carbocycles. The minimum atomic E-state index is -0.311. The molecule has 0 bridgehead atoms. The molecule has 2 aliphatic heterocycles. The minimum Gasteiger partial charge on any atom is -0.348 e. The van der Waals surface area contributed by atoms with Crippen LogP contribution in [-0.2, 0) is 9.47 Å². The molecule has 0 N–H and O–H groups in total. The van der Waals surface area contributed by atoms with Crippen LogP contribution < -0.4 is 0 Å². The molecule has 1 amide bonds. The molecular weight excluding hydrogens is 318 g/mol. The topological polar surface area (TPSA) is 64.6 Å². The van der Waals surface area contributed by atoms with Crippen LogP contribution in [0.1, 0.15) is 29.6 Å². The third kappa shape index (κ3) is 3.41. The number of hydrogen-bond donors (Lipinski definition) is 0. The summed E-state index contributed by atoms with van der Waals surface area (Å²) in [7, 11) is 0. The summed E-state index contributed by atoms with van der Waals surface area (Å²) in [5, 5.41) is 0. The van der Waals surface area contributed by atoms with Gasteiger partial charge in [0.1, 0.15) is 0 Å². The molecule has 1 aromatic heterocycles. The van der Waals surface area contributed by atoms with Gasteiger partial charge in [-0.3, -0.25) is 4.79 Å². The average Bonchev–Trinajstić information content (AvgIpc) is 3.23. The predicted molar refractivity (Wildman–Crippen MR) is 91.8 cm³/mol. The Labute approximate surface area is 146 Å². The molecule has 0 aliphatic carbocycles. The lowest BCUT2D eigenvalue weighted by molar-refractivity contribution is -0.100. The Balaban J connectivity index is 1.53. The van der Waals surface area contributed by atoms with Crippen LogP contribution in [-0.4, -0.2) is 52.9 Å². The molecule has 2 saturated heterocycles. The van der Waals surface area contributed by atoms with Crippen LogP contribution in [0, 0.1) is 0 Å². The standard InChI is InChI=1S/C19H21N3O3/c23-18(22-9-5-4-8-16(22)19-24-10-11-25-19)15-12-20-17(21-13-15)14-6-2-1-3-7-14/h1-3,6-7,12-13,16,19H,4-5,8-11H2. The molecule has 6 nitrogen and oxygen atoms in total. The smallest absolute Gasteiger partial charge is 0.257 e. The van der Waals surface area contributed by atoms with Gasteiger partial charge in [-0.15, -0.1) is 0 Å². The van der Waals surface area contributed by atoms with E-state index in [1.165, 1.54) is 0 Å². The van der Waals surface area contributed by atoms with Crippen molar-refractivity contribution in [1.82, 2.24) is 14.9 Å². The summed E-state index contributed by atoms with van der Waals surface area (Å²) in [6.07, 6.45) is 5.89. The van der Waals surface area contributed by atoms with Crippen LogP contribution in [0.4, 0.5) is 0 Å². The highest BCUT2D eigenvalue weighted by Gasteiger charge is 2.36. The number of hydrogen-bond acceptors (Lipinski definition) is 5. The van der Waals surface area contributed by atoms with Gasteiger partial charge in [0, 0.05) is 24.5 Å². The average molecular weight is 339 g/mol. The second-order valence-corrected chi connectivity index (χ2v) is 6.33. The van der Waals surface area contributed by atoms with E-state index in [0.29, 0.717) is 31.1 Å². The Morgan fingerprint density at radius 2 is 1.76 bits per heavy atom. The number of nitrogens with zero attached hydrogens (tertiary/aromatic N) is 3. The lowest BCUT2D eigenvalue weighted by atomic mass is 10.0. The zero-order valence-corrected chi connectivity index (χ0v) is 14.0. The number of carbonyl (C=O) groups excluding carboxylic acids is 1. The molecule has 130 valence electrons. The number of carbonyl (C=O) groups is 1. The Morgan fingerprint density at radius 1 is 1.04 bits per heavy atom. The number of piperidine rings is 1. The van der Waals surface area contributed by atoms with E-state index in [2.05, 4.69) is 9.97 Å². The van der Waals surface area contributed by atoms with Crippen molar-refractivity contribution in [2.24, 2.45) is 0 Å². The highest BCUT2D eigenvalue weighted by molar-refractivity contribution is 5.94. The second-order valence-electron chi connectivity index (χ2n) is 6.33. The zero-order chi connectivity index (χ0) is 17.1. The molecule has 6 heteroatoms. The van der Waals surface area contributed by atoms with Gasteiger partial charge in [-0.1, -0.05) is 30.3 Å². The van der Waals surface area contributed by atoms with E-state index >= 15 is 0 Å². The lowest BCUT2D eigenvalue weighted by Gasteiger charge is -2.37. The summed E-state index contributed by atoms with van der Waals surface area (Å²) < 4.78 is 11.3. The van der Waals surface area contributed by atoms with Crippen LogP contribution in [0.25, 0.3) is 11.4 Å². The molecular formula is C19H21N3O3. The van der Waals surface area contributed by atoms with Gasteiger partial charge in [-0.25, -0.2) is 9.97 Å². The van der Waals surface area contributed by atoms with Gasteiger partial charge >= 0.3 is 0 Å². The molecule has 2 fully saturated rings. The van der Waals surface area contributed by atoms with Crippen molar-refractivity contribution in [3.63, 3.8) is 0 Å². The number of amides is 1. The van der Waals surface area contributed by atoms with Gasteiger partial charge in [-0.2, -0.15) is 0 Å². The molecule has 0 spiro atoms. The van der Waals surface area contributed by atoms with Crippen molar-refractivity contribution in [2.75, 3.05) is 19.8 Å². The monoisotopic (exact) mass is 339 g/mol. The number of rotatable bonds is 3. The first-order valence-corrected chi connectivity index (χ1v) is 8.74. The summed E-state index contributed by atoms with van der Waals surface area (Å²) in [4.78, 5) is 23.5. The van der Waals surface area contributed by atoms with Crippen molar-refractivity contribution in [3.8, 4) is 11.4 Å². The van der Waals surface area contributed by atoms with Crippen molar-refractivity contribution >= 4 is 5.91 Å². The summed E-state index contributed by atoms with van der Waals surface area (Å²) >= 11 is 0. The highest BCUT2D eigenvalue weighted by atomic mass is 16.7. The Morgan fingerprint density at radius 3 is 2.48 bits per heavy atom. The first kappa shape index (κ1) is 16.2. The van der Waals surface area contributed by atoms with Crippen molar-refractivity contribution in [3.05, 3.63) is 48.3 Å². The van der Waals surface area contributed by atoms with E-state index in [4.69, 9.17) is 9.47 Å². The molecule has 1 unspecified atom stereocenters. The third-order valence-electron chi connectivity index (χ3n) is 4.70. The molecule has 1 aromatic carbocycles. The maximum Gasteiger partial charge on any atom is 0.257 e. The fourth-order valence-electron chi connectivity index (χ4n) is 3.43. The van der Waals surface area contributed by atoms with E-state index in [1.807, 2.05) is 35.2 Å². The van der Waals surface area contributed by atoms with E-state index in [0.717, 1.165) is 24.8 Å². The highest BCUT2D eigenvalue weighted by Crippen LogP contribution is 2.26. The Kier molecular flexibility index (Phi) is 4.72. The fourth-order valence-corrected chi connectivity index (χ4v) is 3.43. The molecule has 2 aliphatic rings. The van der Waals surface area contributed by atoms with Gasteiger partial charge in [0.25, 0.3) is 5.91 Å². The zero-order valence-electron chi connectivity index (χ0n) is 14.0. The first-order valence-electron chi connectivity index (χ1n) is 8.74. The van der Waals surface area contributed by atoms with Crippen LogP contribution in [0.3, 0.4) is 0 Å². The summed E-state index contributed by atoms with van der Waals surface area (Å²) in [6.45, 7) is 1.91. The van der Waals surface area contributed by atoms with Gasteiger partial charge in [0.05, 0.1) is 24.8 Å². The molecule has 25 heavy (non-hydrogen) atoms. The normalized spacial score (nSPS) is 21.4. The Bertz CT molecular complexity index is 714. The molecule has 4 rings (SSSR count). The molecule has 1 atom stereocenters. The maximum absolute atomic E-state index is 12.9. The second kappa shape index (κ2) is 7.29. The Hall–Kier alpha value is -2.31. The molecule has 2 aromatic rings. The number of ether oxygens (including phenoxy) is 2. The number of aromatic nitrogens is 2. The van der Waals surface area contributed by atoms with Crippen LogP contribution in [0.15, 0.2) is 42.7 Å². The van der Waals surface area contributed by atoms with E-state index in [9.17, 15) is 4.79 Å². The number of benzene rings is 1. The molecule has 3 heterocycles. The lowest BCUT2D eigenvalue weighted by Crippen LogP contribution is -2.50. The predicted octanol–water partition coefficient (Wildman–Crippen LogP) is 2.51. The van der Waals surface area contributed by atoms with Crippen LogP contribution in [0.5, 0.6) is 0 Å². The largest absolute Gasteiger partial charge is 0.348 e. The van der Waals surface area contributed by atoms with Gasteiger partial charge in [0.2, 0.25) is 0 Å². The fraction of sp³-hybridized carbons (Fsp3) is 0.421. The van der Waals surface area contributed by atoms with E-state index in [1.54, 1.807) is 12.4 Å². The summed E-state index contributed by atoms with van der Waals surface area (Å²) in [5.41, 5.74) is 1.44. The van der Waals surface area contributed by atoms with E-state index in [-0.39, 0.29) is 18.2 Å². The van der Waals surface area contributed by atoms with Crippen molar-refractivity contribution in [2.45, 2.75) is 31.6 Å². The summed E-state index contributed by atoms with van der Waals surface area (Å²) in [6, 6.07) is 9.71. The van der Waals surface area contributed by atoms with Crippen molar-refractivity contribution < 1.29 is 14.3 Å². The van der Waals surface area contributed by atoms with Gasteiger partial charge in [0.15, 0.2) is 12.1 Å².